The van der Waals surface area contributed by atoms with Crippen LogP contribution in [0, 0.1) is 6.92 Å². The molecule has 0 spiro atoms. The highest BCUT2D eigenvalue weighted by Crippen LogP contribution is 2.07. The van der Waals surface area contributed by atoms with E-state index >= 15 is 0 Å². The maximum absolute atomic E-state index is 11.4. The summed E-state index contributed by atoms with van der Waals surface area (Å²) in [6.45, 7) is 2.11. The van der Waals surface area contributed by atoms with E-state index in [1.807, 2.05) is 0 Å². The van der Waals surface area contributed by atoms with Crippen molar-refractivity contribution in [2.75, 3.05) is 6.54 Å². The third-order valence-corrected chi connectivity index (χ3v) is 1.92. The lowest BCUT2D eigenvalue weighted by Gasteiger charge is -2.01. The third kappa shape index (κ3) is 3.46. The second-order valence-electron chi connectivity index (χ2n) is 3.19. The monoisotopic (exact) mass is 211 g/mol. The van der Waals surface area contributed by atoms with Gasteiger partial charge < -0.3 is 14.8 Å². The highest BCUT2D eigenvalue weighted by molar-refractivity contribution is 5.92. The van der Waals surface area contributed by atoms with E-state index < -0.39 is 5.97 Å². The van der Waals surface area contributed by atoms with Crippen molar-refractivity contribution in [3.05, 3.63) is 23.7 Å². The average Bonchev–Trinajstić information content (AvgIpc) is 2.58. The number of furan rings is 1. The molecule has 0 atom stereocenters. The van der Waals surface area contributed by atoms with Crippen molar-refractivity contribution >= 4 is 11.9 Å². The van der Waals surface area contributed by atoms with Gasteiger partial charge in [0.05, 0.1) is 6.26 Å². The molecular weight excluding hydrogens is 198 g/mol. The minimum absolute atomic E-state index is 0.0530. The van der Waals surface area contributed by atoms with E-state index in [-0.39, 0.29) is 18.1 Å². The number of rotatable bonds is 5. The van der Waals surface area contributed by atoms with Gasteiger partial charge in [0.1, 0.15) is 0 Å². The number of carbonyl (C=O) groups is 2. The van der Waals surface area contributed by atoms with Crippen molar-refractivity contribution in [1.82, 2.24) is 5.32 Å². The summed E-state index contributed by atoms with van der Waals surface area (Å²) >= 11 is 0. The van der Waals surface area contributed by atoms with Crippen molar-refractivity contribution in [2.24, 2.45) is 0 Å². The second-order valence-corrected chi connectivity index (χ2v) is 3.19. The predicted octanol–water partition coefficient (Wildman–Crippen LogP) is 1.18. The van der Waals surface area contributed by atoms with Crippen molar-refractivity contribution in [2.45, 2.75) is 19.8 Å². The van der Waals surface area contributed by atoms with E-state index in [9.17, 15) is 9.59 Å². The quantitative estimate of drug-likeness (QED) is 0.717. The molecule has 1 heterocycles. The van der Waals surface area contributed by atoms with Crippen molar-refractivity contribution < 1.29 is 19.1 Å². The first-order valence-electron chi connectivity index (χ1n) is 4.65. The van der Waals surface area contributed by atoms with E-state index in [4.69, 9.17) is 9.52 Å². The van der Waals surface area contributed by atoms with Gasteiger partial charge in [0.15, 0.2) is 5.76 Å². The molecule has 0 saturated carbocycles. The molecule has 0 radical (unpaired) electrons. The molecule has 0 aliphatic heterocycles. The normalized spacial score (nSPS) is 9.93. The van der Waals surface area contributed by atoms with Gasteiger partial charge in [0, 0.05) is 18.5 Å². The Balaban J connectivity index is 2.31. The van der Waals surface area contributed by atoms with Crippen LogP contribution in [0.15, 0.2) is 16.7 Å². The molecular formula is C10H13NO4. The lowest BCUT2D eigenvalue weighted by Crippen LogP contribution is -2.25. The Morgan fingerprint density at radius 1 is 1.53 bits per heavy atom. The zero-order valence-corrected chi connectivity index (χ0v) is 8.45. The minimum atomic E-state index is -0.863. The van der Waals surface area contributed by atoms with E-state index in [2.05, 4.69) is 5.32 Å². The minimum Gasteiger partial charge on any atom is -0.481 e. The number of hydrogen-bond acceptors (Lipinski definition) is 3. The smallest absolute Gasteiger partial charge is 0.303 e. The fourth-order valence-electron chi connectivity index (χ4n) is 1.13. The number of carboxylic acids is 1. The van der Waals surface area contributed by atoms with Crippen LogP contribution in [0.5, 0.6) is 0 Å². The number of carbonyl (C=O) groups excluding carboxylic acids is 1. The summed E-state index contributed by atoms with van der Waals surface area (Å²) in [5, 5.41) is 11.0. The van der Waals surface area contributed by atoms with Gasteiger partial charge in [-0.3, -0.25) is 9.59 Å². The summed E-state index contributed by atoms with van der Waals surface area (Å²) in [5.74, 6) is -0.883. The molecule has 1 aromatic rings. The number of aryl methyl sites for hydroxylation is 1. The molecule has 0 unspecified atom stereocenters. The third-order valence-electron chi connectivity index (χ3n) is 1.92. The molecule has 1 aromatic heterocycles. The molecule has 5 heteroatoms. The molecule has 1 amide bonds. The van der Waals surface area contributed by atoms with Crippen LogP contribution in [-0.2, 0) is 4.79 Å². The first-order chi connectivity index (χ1) is 7.11. The number of aliphatic carboxylic acids is 1. The van der Waals surface area contributed by atoms with Gasteiger partial charge in [0.25, 0.3) is 5.91 Å². The molecule has 5 nitrogen and oxygen atoms in total. The van der Waals surface area contributed by atoms with E-state index in [1.54, 1.807) is 13.0 Å². The Morgan fingerprint density at radius 2 is 2.27 bits per heavy atom. The van der Waals surface area contributed by atoms with Crippen LogP contribution in [0.2, 0.25) is 0 Å². The molecule has 0 saturated heterocycles. The molecule has 0 bridgehead atoms. The summed E-state index contributed by atoms with van der Waals surface area (Å²) in [6.07, 6.45) is 1.92. The van der Waals surface area contributed by atoms with Crippen molar-refractivity contribution in [3.63, 3.8) is 0 Å². The molecule has 0 aromatic carbocycles. The van der Waals surface area contributed by atoms with Gasteiger partial charge in [-0.25, -0.2) is 0 Å². The molecule has 82 valence electrons. The average molecular weight is 211 g/mol. The van der Waals surface area contributed by atoms with E-state index in [1.165, 1.54) is 6.26 Å². The maximum atomic E-state index is 11.4. The van der Waals surface area contributed by atoms with Gasteiger partial charge in [-0.1, -0.05) is 0 Å². The van der Waals surface area contributed by atoms with Gasteiger partial charge in [0.2, 0.25) is 0 Å². The standard InChI is InChI=1S/C10H13NO4/c1-7-4-6-15-9(7)10(14)11-5-2-3-8(12)13/h4,6H,2-3,5H2,1H3,(H,11,14)(H,12,13). The van der Waals surface area contributed by atoms with Crippen molar-refractivity contribution in [3.8, 4) is 0 Å². The molecule has 15 heavy (non-hydrogen) atoms. The first kappa shape index (κ1) is 11.3. The summed E-state index contributed by atoms with van der Waals surface area (Å²) in [6, 6.07) is 1.70. The van der Waals surface area contributed by atoms with Gasteiger partial charge >= 0.3 is 5.97 Å². The Bertz CT molecular complexity index is 356. The second kappa shape index (κ2) is 5.19. The van der Waals surface area contributed by atoms with Crippen LogP contribution in [0.1, 0.15) is 29.0 Å². The SMILES string of the molecule is Cc1ccoc1C(=O)NCCCC(=O)O. The Hall–Kier alpha value is -1.78. The number of carboxylic acid groups (broad SMARTS) is 1. The summed E-state index contributed by atoms with van der Waals surface area (Å²) in [7, 11) is 0. The Labute approximate surface area is 87.1 Å². The maximum Gasteiger partial charge on any atom is 0.303 e. The number of amides is 1. The molecule has 1 rings (SSSR count). The van der Waals surface area contributed by atoms with E-state index in [0.29, 0.717) is 13.0 Å². The lowest BCUT2D eigenvalue weighted by molar-refractivity contribution is -0.137. The van der Waals surface area contributed by atoms with Gasteiger partial charge in [-0.2, -0.15) is 0 Å². The van der Waals surface area contributed by atoms with Crippen LogP contribution in [0.4, 0.5) is 0 Å². The zero-order chi connectivity index (χ0) is 11.3. The van der Waals surface area contributed by atoms with Crippen LogP contribution < -0.4 is 5.32 Å². The van der Waals surface area contributed by atoms with Crippen LogP contribution >= 0.6 is 0 Å². The summed E-state index contributed by atoms with van der Waals surface area (Å²) in [5.41, 5.74) is 0.769. The fourth-order valence-corrected chi connectivity index (χ4v) is 1.13. The number of hydrogen-bond donors (Lipinski definition) is 2. The fraction of sp³-hybridized carbons (Fsp3) is 0.400. The largest absolute Gasteiger partial charge is 0.481 e. The molecule has 2 N–H and O–H groups in total. The number of nitrogens with one attached hydrogen (secondary N) is 1. The Kier molecular flexibility index (Phi) is 3.91. The predicted molar refractivity (Wildman–Crippen MR) is 52.6 cm³/mol. The zero-order valence-electron chi connectivity index (χ0n) is 8.45. The highest BCUT2D eigenvalue weighted by atomic mass is 16.4. The van der Waals surface area contributed by atoms with E-state index in [0.717, 1.165) is 5.56 Å². The van der Waals surface area contributed by atoms with Gasteiger partial charge in [-0.05, 0) is 19.4 Å². The lowest BCUT2D eigenvalue weighted by atomic mass is 10.2. The first-order valence-corrected chi connectivity index (χ1v) is 4.65. The topological polar surface area (TPSA) is 79.5 Å². The Morgan fingerprint density at radius 3 is 2.80 bits per heavy atom. The van der Waals surface area contributed by atoms with Crippen molar-refractivity contribution in [1.29, 1.82) is 0 Å². The van der Waals surface area contributed by atoms with Crippen LogP contribution in [0.25, 0.3) is 0 Å². The molecule has 0 fully saturated rings. The summed E-state index contributed by atoms with van der Waals surface area (Å²) < 4.78 is 4.98. The van der Waals surface area contributed by atoms with Crippen LogP contribution in [-0.4, -0.2) is 23.5 Å². The summed E-state index contributed by atoms with van der Waals surface area (Å²) in [4.78, 5) is 21.6. The van der Waals surface area contributed by atoms with Gasteiger partial charge in [-0.15, -0.1) is 0 Å². The molecule has 0 aliphatic rings. The highest BCUT2D eigenvalue weighted by Gasteiger charge is 2.11. The van der Waals surface area contributed by atoms with Crippen LogP contribution in [0.3, 0.4) is 0 Å². The molecule has 0 aliphatic carbocycles.